The van der Waals surface area contributed by atoms with Crippen molar-refractivity contribution in [3.63, 3.8) is 0 Å². The first kappa shape index (κ1) is 54.5. The molecule has 0 radical (unpaired) electrons. The van der Waals surface area contributed by atoms with Crippen molar-refractivity contribution in [2.45, 2.75) is 71.6 Å². The molecule has 3 aromatic heterocycles. The molecule has 7 aromatic rings. The van der Waals surface area contributed by atoms with Gasteiger partial charge in [-0.15, -0.1) is 11.3 Å². The number of likely N-dealkylation sites (N-methyl/N-ethyl adjacent to an activating group) is 1. The summed E-state index contributed by atoms with van der Waals surface area (Å²) in [6.07, 6.45) is -0.838. The molecule has 404 valence electrons. The van der Waals surface area contributed by atoms with Gasteiger partial charge in [0.2, 0.25) is 29.6 Å². The number of hydrogen-bond acceptors (Lipinski definition) is 15. The van der Waals surface area contributed by atoms with Crippen molar-refractivity contribution in [1.82, 2.24) is 40.1 Å². The smallest absolute Gasteiger partial charge is 0.243 e. The Kier molecular flexibility index (Phi) is 16.7. The first-order valence-corrected chi connectivity index (χ1v) is 26.9. The van der Waals surface area contributed by atoms with Crippen LogP contribution in [0, 0.1) is 25.6 Å². The summed E-state index contributed by atoms with van der Waals surface area (Å²) in [6.45, 7) is 11.2. The van der Waals surface area contributed by atoms with Gasteiger partial charge in [-0.05, 0) is 65.4 Å². The normalized spacial score (nSPS) is 16.6. The first-order chi connectivity index (χ1) is 36.9. The summed E-state index contributed by atoms with van der Waals surface area (Å²) in [6, 6.07) is 19.8. The third-order valence-electron chi connectivity index (χ3n) is 14.3. The number of rotatable bonds is 18. The number of fused-ring (bicyclic) bond motifs is 2. The fourth-order valence-electron chi connectivity index (χ4n) is 10.2. The van der Waals surface area contributed by atoms with Gasteiger partial charge < -0.3 is 49.7 Å². The number of piperazine rings is 1. The number of aliphatic hydroxyl groups excluding tert-OH is 1. The molecule has 0 saturated carbocycles. The van der Waals surface area contributed by atoms with E-state index in [1.807, 2.05) is 74.2 Å². The number of anilines is 2. The molecule has 5 heterocycles. The van der Waals surface area contributed by atoms with Gasteiger partial charge in [-0.2, -0.15) is 4.98 Å². The third kappa shape index (κ3) is 12.0. The van der Waals surface area contributed by atoms with E-state index in [0.29, 0.717) is 65.2 Å². The largest absolute Gasteiger partial charge is 0.508 e. The number of carbonyl (C=O) groups is 4. The lowest BCUT2D eigenvalue weighted by molar-refractivity contribution is -0.141. The number of carbonyl (C=O) groups excluding carboxylic acids is 4. The minimum absolute atomic E-state index is 0.0106. The summed E-state index contributed by atoms with van der Waals surface area (Å²) < 4.78 is 28.8. The molecule has 77 heavy (non-hydrogen) atoms. The van der Waals surface area contributed by atoms with E-state index in [4.69, 9.17) is 25.8 Å². The van der Waals surface area contributed by atoms with Crippen molar-refractivity contribution in [3.05, 3.63) is 112 Å². The fraction of sp³-hybridized carbons (Fsp3) is 0.393. The van der Waals surface area contributed by atoms with E-state index in [1.54, 1.807) is 42.6 Å². The number of aromatic nitrogens is 4. The molecule has 4 aromatic carbocycles. The summed E-state index contributed by atoms with van der Waals surface area (Å²) in [4.78, 5) is 75.8. The topological polar surface area (TPSA) is 220 Å². The quantitative estimate of drug-likeness (QED) is 0.0601. The number of aliphatic hydroxyl groups is 1. The van der Waals surface area contributed by atoms with Crippen molar-refractivity contribution < 1.29 is 43.0 Å². The van der Waals surface area contributed by atoms with E-state index < -0.39 is 35.8 Å². The molecular formula is C56H62ClFN10O8S. The van der Waals surface area contributed by atoms with E-state index in [1.165, 1.54) is 34.1 Å². The zero-order valence-corrected chi connectivity index (χ0v) is 45.3. The van der Waals surface area contributed by atoms with Crippen molar-refractivity contribution in [2.75, 3.05) is 76.3 Å². The Hall–Kier alpha value is -7.26. The molecule has 0 spiro atoms. The number of β-amino-alcohol motifs (C(OH)–C–C–N with tert-alkyl or cyclic N) is 1. The van der Waals surface area contributed by atoms with Crippen LogP contribution in [0.15, 0.2) is 82.8 Å². The molecule has 21 heteroatoms. The monoisotopic (exact) mass is 1090 g/mol. The number of halogens is 2. The molecule has 0 aliphatic carbocycles. The number of ether oxygens (including phenoxy) is 1. The molecule has 4 N–H and O–H groups in total. The zero-order valence-electron chi connectivity index (χ0n) is 43.8. The van der Waals surface area contributed by atoms with Gasteiger partial charge in [0.1, 0.15) is 34.8 Å². The van der Waals surface area contributed by atoms with E-state index in [0.717, 1.165) is 21.7 Å². The number of phenolic OH excluding ortho intramolecular Hbond substituents is 1. The molecule has 0 bridgehead atoms. The minimum atomic E-state index is -0.961. The summed E-state index contributed by atoms with van der Waals surface area (Å²) in [5.41, 5.74) is 5.48. The van der Waals surface area contributed by atoms with Crippen molar-refractivity contribution in [3.8, 4) is 27.3 Å². The molecule has 18 nitrogen and oxygen atoms in total. The Morgan fingerprint density at radius 1 is 1.00 bits per heavy atom. The van der Waals surface area contributed by atoms with Crippen LogP contribution in [-0.2, 0) is 23.9 Å². The lowest BCUT2D eigenvalue weighted by atomic mass is 9.91. The number of amides is 4. The second-order valence-electron chi connectivity index (χ2n) is 20.0. The van der Waals surface area contributed by atoms with Gasteiger partial charge in [0.15, 0.2) is 5.82 Å². The molecule has 2 aliphatic heterocycles. The van der Waals surface area contributed by atoms with Crippen LogP contribution >= 0.6 is 22.9 Å². The number of benzene rings is 4. The van der Waals surface area contributed by atoms with Gasteiger partial charge in [-0.1, -0.05) is 79.1 Å². The number of aromatic hydroxyl groups is 1. The molecule has 0 unspecified atom stereocenters. The van der Waals surface area contributed by atoms with Gasteiger partial charge in [-0.25, -0.2) is 14.4 Å². The summed E-state index contributed by atoms with van der Waals surface area (Å²) in [5, 5.41) is 33.6. The molecule has 4 amide bonds. The summed E-state index contributed by atoms with van der Waals surface area (Å²) in [5.74, 6) is -1.81. The maximum Gasteiger partial charge on any atom is 0.243 e. The van der Waals surface area contributed by atoms with Crippen LogP contribution in [0.2, 0.25) is 5.02 Å². The predicted molar refractivity (Wildman–Crippen MR) is 293 cm³/mol. The zero-order chi connectivity index (χ0) is 54.7. The van der Waals surface area contributed by atoms with Crippen LogP contribution in [0.3, 0.4) is 0 Å². The van der Waals surface area contributed by atoms with Crippen molar-refractivity contribution in [1.29, 1.82) is 0 Å². The SMILES string of the molecule is CC(=O)N1CCN(c2nc(NCCC(=O)N(C)CCOC[C@H](NC(=O)[C@@H]3C[C@@H](O)CN3C(=O)[C@@H](c3cc(C)no3)C(C)C)c3ccc(-c4scnc4C)cc3)nc3c(F)c(-c4cc(O)cc5ccccc45)c(Cl)cc23)CC1. The summed E-state index contributed by atoms with van der Waals surface area (Å²) >= 11 is 8.44. The van der Waals surface area contributed by atoms with Crippen LogP contribution in [-0.4, -0.2) is 147 Å². The maximum absolute atomic E-state index is 17.1. The first-order valence-electron chi connectivity index (χ1n) is 25.7. The van der Waals surface area contributed by atoms with Crippen LogP contribution in [0.1, 0.15) is 68.3 Å². The Bertz CT molecular complexity index is 3310. The number of aryl methyl sites for hydroxylation is 2. The van der Waals surface area contributed by atoms with Gasteiger partial charge in [-0.3, -0.25) is 19.2 Å². The van der Waals surface area contributed by atoms with Gasteiger partial charge >= 0.3 is 0 Å². The highest BCUT2D eigenvalue weighted by Gasteiger charge is 2.44. The molecule has 2 aliphatic rings. The Labute approximate surface area is 454 Å². The standard InChI is InChI=1S/C56H62ClFN10O8S/c1-31(2)48(46-23-32(3)64-76-46)55(74)68-28-39(71)26-45(68)54(73)61-44(35-11-13-36(14-12-35)52-33(4)60-30-77-52)29-75-22-21-65(6)47(72)15-16-59-56-62-51-42(53(63-56)67-19-17-66(18-20-67)34(5)69)27-43(57)49(50(51)58)41-25-38(70)24-37-9-7-8-10-40(37)41/h7-14,23-25,27,30-31,39,44-45,48,70-71H,15-22,26,28-29H2,1-6H3,(H,61,73)(H,59,62,63)/t39-,44+,45+,48-/m1/s1. The molecule has 4 atom stereocenters. The lowest BCUT2D eigenvalue weighted by Gasteiger charge is -2.35. The highest BCUT2D eigenvalue weighted by Crippen LogP contribution is 2.43. The molecule has 2 saturated heterocycles. The highest BCUT2D eigenvalue weighted by atomic mass is 35.5. The number of likely N-dealkylation sites (tertiary alicyclic amines) is 1. The van der Waals surface area contributed by atoms with Crippen LogP contribution in [0.25, 0.3) is 43.2 Å². The van der Waals surface area contributed by atoms with E-state index >= 15 is 4.39 Å². The Morgan fingerprint density at radius 2 is 1.75 bits per heavy atom. The molecule has 2 fully saturated rings. The highest BCUT2D eigenvalue weighted by molar-refractivity contribution is 7.13. The number of hydrogen-bond donors (Lipinski definition) is 4. The van der Waals surface area contributed by atoms with Gasteiger partial charge in [0, 0.05) is 89.6 Å². The van der Waals surface area contributed by atoms with Crippen LogP contribution in [0.4, 0.5) is 16.2 Å². The second-order valence-corrected chi connectivity index (χ2v) is 21.3. The van der Waals surface area contributed by atoms with Gasteiger partial charge in [0.05, 0.1) is 52.2 Å². The maximum atomic E-state index is 17.1. The number of phenols is 1. The fourth-order valence-corrected chi connectivity index (χ4v) is 11.3. The minimum Gasteiger partial charge on any atom is -0.508 e. The van der Waals surface area contributed by atoms with Crippen molar-refractivity contribution >= 4 is 80.0 Å². The average Bonchev–Trinajstić information content (AvgIpc) is 4.20. The second kappa shape index (κ2) is 23.5. The van der Waals surface area contributed by atoms with E-state index in [9.17, 15) is 29.4 Å². The Balaban J connectivity index is 0.875. The Morgan fingerprint density at radius 3 is 2.44 bits per heavy atom. The van der Waals surface area contributed by atoms with Gasteiger partial charge in [0.25, 0.3) is 0 Å². The van der Waals surface area contributed by atoms with Crippen molar-refractivity contribution in [2.24, 2.45) is 5.92 Å². The van der Waals surface area contributed by atoms with Crippen LogP contribution in [0.5, 0.6) is 5.75 Å². The molecule has 9 rings (SSSR count). The van der Waals surface area contributed by atoms with Crippen LogP contribution < -0.4 is 15.5 Å². The molecular weight excluding hydrogens is 1030 g/mol. The van der Waals surface area contributed by atoms with E-state index in [2.05, 4.69) is 25.8 Å². The average molecular weight is 1090 g/mol. The number of nitrogens with one attached hydrogen (secondary N) is 2. The van der Waals surface area contributed by atoms with E-state index in [-0.39, 0.29) is 97.1 Å². The lowest BCUT2D eigenvalue weighted by Crippen LogP contribution is -2.49. The predicted octanol–water partition coefficient (Wildman–Crippen LogP) is 7.88. The third-order valence-corrected chi connectivity index (χ3v) is 15.6. The summed E-state index contributed by atoms with van der Waals surface area (Å²) in [7, 11) is 1.66. The number of thiazole rings is 1. The number of nitrogens with zero attached hydrogens (tertiary/aromatic N) is 8.